The van der Waals surface area contributed by atoms with Gasteiger partial charge in [-0.3, -0.25) is 4.79 Å². The molecule has 2 rings (SSSR count). The first-order valence-electron chi connectivity index (χ1n) is 6.20. The van der Waals surface area contributed by atoms with Gasteiger partial charge in [-0.05, 0) is 42.5 Å². The molecule has 0 unspecified atom stereocenters. The summed E-state index contributed by atoms with van der Waals surface area (Å²) in [5.41, 5.74) is 1.10. The van der Waals surface area contributed by atoms with Gasteiger partial charge in [0.15, 0.2) is 0 Å². The number of ether oxygens (including phenoxy) is 1. The van der Waals surface area contributed by atoms with Crippen molar-refractivity contribution in [3.05, 3.63) is 53.3 Å². The minimum absolute atomic E-state index is 0.00577. The first-order chi connectivity index (χ1) is 10.1. The summed E-state index contributed by atoms with van der Waals surface area (Å²) in [5.74, 6) is 0.00152. The molecule has 0 heterocycles. The monoisotopic (exact) mass is 308 g/mol. The molecule has 0 saturated carbocycles. The minimum atomic E-state index is -0.458. The highest BCUT2D eigenvalue weighted by Gasteiger charge is 2.04. The van der Waals surface area contributed by atoms with Crippen LogP contribution in [0.2, 0.25) is 5.02 Å². The van der Waals surface area contributed by atoms with Gasteiger partial charge in [-0.2, -0.15) is 0 Å². The zero-order valence-corrected chi connectivity index (χ0v) is 12.1. The number of hydrogen-bond donors (Lipinski definition) is 2. The lowest BCUT2D eigenvalue weighted by Crippen LogP contribution is -2.21. The molecule has 2 aromatic rings. The van der Waals surface area contributed by atoms with Crippen molar-refractivity contribution in [2.45, 2.75) is 0 Å². The van der Waals surface area contributed by atoms with Crippen LogP contribution < -0.4 is 15.4 Å². The highest BCUT2D eigenvalue weighted by molar-refractivity contribution is 6.30. The number of benzene rings is 2. The Balaban J connectivity index is 1.89. The lowest BCUT2D eigenvalue weighted by atomic mass is 10.3. The zero-order valence-electron chi connectivity index (χ0n) is 11.3. The molecule has 0 spiro atoms. The first kappa shape index (κ1) is 15.1. The van der Waals surface area contributed by atoms with Crippen molar-refractivity contribution in [3.8, 4) is 5.75 Å². The van der Waals surface area contributed by atoms with E-state index in [0.29, 0.717) is 17.1 Å². The van der Waals surface area contributed by atoms with Crippen LogP contribution >= 0.6 is 11.6 Å². The molecule has 2 aromatic carbocycles. The van der Waals surface area contributed by atoms with E-state index in [9.17, 15) is 9.18 Å². The summed E-state index contributed by atoms with van der Waals surface area (Å²) in [6.07, 6.45) is 0. The molecule has 0 saturated heterocycles. The van der Waals surface area contributed by atoms with Gasteiger partial charge in [0.25, 0.3) is 0 Å². The third kappa shape index (κ3) is 4.65. The molecule has 0 aliphatic carbocycles. The molecule has 0 aliphatic heterocycles. The second-order valence-corrected chi connectivity index (χ2v) is 4.72. The summed E-state index contributed by atoms with van der Waals surface area (Å²) in [5, 5.41) is 5.79. The smallest absolute Gasteiger partial charge is 0.243 e. The van der Waals surface area contributed by atoms with Crippen molar-refractivity contribution < 1.29 is 13.9 Å². The summed E-state index contributed by atoms with van der Waals surface area (Å²) in [6, 6.07) is 11.0. The average Bonchev–Trinajstić information content (AvgIpc) is 2.45. The van der Waals surface area contributed by atoms with Gasteiger partial charge in [-0.1, -0.05) is 11.6 Å². The Morgan fingerprint density at radius 3 is 2.52 bits per heavy atom. The van der Waals surface area contributed by atoms with Gasteiger partial charge in [-0.15, -0.1) is 0 Å². The van der Waals surface area contributed by atoms with E-state index in [-0.39, 0.29) is 17.5 Å². The Bertz CT molecular complexity index is 612. The Morgan fingerprint density at radius 2 is 1.90 bits per heavy atom. The second kappa shape index (κ2) is 6.95. The van der Waals surface area contributed by atoms with Crippen LogP contribution in [0.1, 0.15) is 0 Å². The Hall–Kier alpha value is -2.27. The van der Waals surface area contributed by atoms with Gasteiger partial charge in [-0.25, -0.2) is 4.39 Å². The molecule has 0 bridgehead atoms. The molecule has 2 N–H and O–H groups in total. The van der Waals surface area contributed by atoms with Gasteiger partial charge in [0.2, 0.25) is 5.91 Å². The van der Waals surface area contributed by atoms with E-state index in [0.717, 1.165) is 0 Å². The second-order valence-electron chi connectivity index (χ2n) is 4.29. The van der Waals surface area contributed by atoms with Crippen LogP contribution in [0.25, 0.3) is 0 Å². The fourth-order valence-corrected chi connectivity index (χ4v) is 1.94. The first-order valence-corrected chi connectivity index (χ1v) is 6.58. The SMILES string of the molecule is COc1ccc(NC(=O)CNc2cc(F)cc(Cl)c2)cc1. The van der Waals surface area contributed by atoms with Crippen LogP contribution in [-0.4, -0.2) is 19.6 Å². The highest BCUT2D eigenvalue weighted by Crippen LogP contribution is 2.18. The number of carbonyl (C=O) groups excluding carboxylic acids is 1. The molecule has 0 radical (unpaired) electrons. The van der Waals surface area contributed by atoms with Crippen LogP contribution in [0.15, 0.2) is 42.5 Å². The van der Waals surface area contributed by atoms with E-state index in [2.05, 4.69) is 10.6 Å². The van der Waals surface area contributed by atoms with Crippen molar-refractivity contribution >= 4 is 28.9 Å². The van der Waals surface area contributed by atoms with E-state index in [1.807, 2.05) is 0 Å². The van der Waals surface area contributed by atoms with Crippen LogP contribution in [-0.2, 0) is 4.79 Å². The van der Waals surface area contributed by atoms with Crippen LogP contribution in [0.4, 0.5) is 15.8 Å². The van der Waals surface area contributed by atoms with Gasteiger partial charge >= 0.3 is 0 Å². The zero-order chi connectivity index (χ0) is 15.2. The molecule has 6 heteroatoms. The molecule has 0 aliphatic rings. The fraction of sp³-hybridized carbons (Fsp3) is 0.133. The molecule has 1 amide bonds. The summed E-state index contributed by atoms with van der Waals surface area (Å²) < 4.78 is 18.2. The van der Waals surface area contributed by atoms with Crippen LogP contribution in [0.3, 0.4) is 0 Å². The van der Waals surface area contributed by atoms with Crippen molar-refractivity contribution in [2.75, 3.05) is 24.3 Å². The van der Waals surface area contributed by atoms with Crippen molar-refractivity contribution in [3.63, 3.8) is 0 Å². The number of amides is 1. The number of rotatable bonds is 5. The molecule has 0 atom stereocenters. The van der Waals surface area contributed by atoms with Gasteiger partial charge in [0, 0.05) is 16.4 Å². The number of halogens is 2. The fourth-order valence-electron chi connectivity index (χ4n) is 1.72. The molecule has 21 heavy (non-hydrogen) atoms. The van der Waals surface area contributed by atoms with E-state index >= 15 is 0 Å². The molecule has 110 valence electrons. The van der Waals surface area contributed by atoms with Crippen LogP contribution in [0.5, 0.6) is 5.75 Å². The van der Waals surface area contributed by atoms with Crippen molar-refractivity contribution in [1.29, 1.82) is 0 Å². The molecular weight excluding hydrogens is 295 g/mol. The van der Waals surface area contributed by atoms with Gasteiger partial charge < -0.3 is 15.4 Å². The molecule has 4 nitrogen and oxygen atoms in total. The Kier molecular flexibility index (Phi) is 5.00. The topological polar surface area (TPSA) is 50.4 Å². The summed E-state index contributed by atoms with van der Waals surface area (Å²) in [4.78, 5) is 11.8. The largest absolute Gasteiger partial charge is 0.497 e. The molecular formula is C15H14ClFN2O2. The van der Waals surface area contributed by atoms with Gasteiger partial charge in [0.05, 0.1) is 13.7 Å². The van der Waals surface area contributed by atoms with E-state index in [4.69, 9.17) is 16.3 Å². The third-order valence-electron chi connectivity index (χ3n) is 2.69. The Morgan fingerprint density at radius 1 is 1.19 bits per heavy atom. The lowest BCUT2D eigenvalue weighted by molar-refractivity contribution is -0.114. The lowest BCUT2D eigenvalue weighted by Gasteiger charge is -2.09. The minimum Gasteiger partial charge on any atom is -0.497 e. The maximum atomic E-state index is 13.1. The number of methoxy groups -OCH3 is 1. The highest BCUT2D eigenvalue weighted by atomic mass is 35.5. The van der Waals surface area contributed by atoms with E-state index in [1.54, 1.807) is 37.4 Å². The third-order valence-corrected chi connectivity index (χ3v) is 2.91. The quantitative estimate of drug-likeness (QED) is 0.888. The number of nitrogens with one attached hydrogen (secondary N) is 2. The van der Waals surface area contributed by atoms with Crippen molar-refractivity contribution in [1.82, 2.24) is 0 Å². The van der Waals surface area contributed by atoms with Gasteiger partial charge in [0.1, 0.15) is 11.6 Å². The van der Waals surface area contributed by atoms with Crippen molar-refractivity contribution in [2.24, 2.45) is 0 Å². The number of hydrogen-bond acceptors (Lipinski definition) is 3. The van der Waals surface area contributed by atoms with E-state index in [1.165, 1.54) is 12.1 Å². The average molecular weight is 309 g/mol. The normalized spacial score (nSPS) is 10.0. The maximum absolute atomic E-state index is 13.1. The van der Waals surface area contributed by atoms with E-state index < -0.39 is 5.82 Å². The number of anilines is 2. The number of carbonyl (C=O) groups is 1. The Labute approximate surface area is 126 Å². The predicted octanol–water partition coefficient (Wildman–Crippen LogP) is 3.54. The summed E-state index contributed by atoms with van der Waals surface area (Å²) >= 11 is 5.73. The van der Waals surface area contributed by atoms with Crippen LogP contribution in [0, 0.1) is 5.82 Å². The molecule has 0 aromatic heterocycles. The summed E-state index contributed by atoms with van der Waals surface area (Å²) in [7, 11) is 1.57. The predicted molar refractivity (Wildman–Crippen MR) is 81.5 cm³/mol. The standard InChI is InChI=1S/C15H14ClFN2O2/c1-21-14-4-2-12(3-5-14)19-15(20)9-18-13-7-10(16)6-11(17)8-13/h2-8,18H,9H2,1H3,(H,19,20). The maximum Gasteiger partial charge on any atom is 0.243 e. The molecule has 0 fully saturated rings. The summed E-state index contributed by atoms with van der Waals surface area (Å²) in [6.45, 7) is 0.00577.